The number of ketones is 1. The molecule has 22 heavy (non-hydrogen) atoms. The van der Waals surface area contributed by atoms with Gasteiger partial charge >= 0.3 is 0 Å². The van der Waals surface area contributed by atoms with Crippen LogP contribution in [0.4, 0.5) is 0 Å². The molecule has 1 saturated carbocycles. The van der Waals surface area contributed by atoms with Gasteiger partial charge in [0, 0.05) is 21.3 Å². The first-order valence-electron chi connectivity index (χ1n) is 7.15. The van der Waals surface area contributed by atoms with Crippen LogP contribution in [0.2, 0.25) is 5.02 Å². The van der Waals surface area contributed by atoms with Crippen molar-refractivity contribution in [1.82, 2.24) is 5.16 Å². The van der Waals surface area contributed by atoms with Gasteiger partial charge in [0.15, 0.2) is 11.5 Å². The van der Waals surface area contributed by atoms with Crippen molar-refractivity contribution >= 4 is 40.9 Å². The molecule has 0 N–H and O–H groups in total. The smallest absolute Gasteiger partial charge is 0.199 e. The van der Waals surface area contributed by atoms with Gasteiger partial charge < -0.3 is 4.52 Å². The zero-order valence-corrected chi connectivity index (χ0v) is 14.8. The fourth-order valence-electron chi connectivity index (χ4n) is 2.40. The second-order valence-corrected chi connectivity index (χ2v) is 7.60. The van der Waals surface area contributed by atoms with Gasteiger partial charge in [-0.2, -0.15) is 0 Å². The Bertz CT molecular complexity index is 710. The van der Waals surface area contributed by atoms with Crippen LogP contribution < -0.4 is 0 Å². The van der Waals surface area contributed by atoms with Crippen LogP contribution in [0.3, 0.4) is 0 Å². The lowest BCUT2D eigenvalue weighted by molar-refractivity contribution is 0.103. The molecule has 0 saturated heterocycles. The Hall–Kier alpha value is -0.910. The largest absolute Gasteiger partial charge is 0.360 e. The van der Waals surface area contributed by atoms with E-state index in [4.69, 9.17) is 16.1 Å². The SMILES string of the molecule is CCSc1c(Cl)ccc(C(=O)c2cnoc2C2CC2)c1SC. The third kappa shape index (κ3) is 2.94. The van der Waals surface area contributed by atoms with Crippen molar-refractivity contribution in [2.24, 2.45) is 0 Å². The Morgan fingerprint density at radius 2 is 2.14 bits per heavy atom. The Morgan fingerprint density at radius 3 is 2.77 bits per heavy atom. The van der Waals surface area contributed by atoms with Crippen LogP contribution in [-0.2, 0) is 0 Å². The van der Waals surface area contributed by atoms with Gasteiger partial charge in [-0.15, -0.1) is 23.5 Å². The predicted molar refractivity (Wildman–Crippen MR) is 91.5 cm³/mol. The normalized spacial score (nSPS) is 14.3. The fourth-order valence-corrected chi connectivity index (χ4v) is 4.62. The van der Waals surface area contributed by atoms with Crippen molar-refractivity contribution < 1.29 is 9.32 Å². The second kappa shape index (κ2) is 6.69. The van der Waals surface area contributed by atoms with Gasteiger partial charge in [-0.1, -0.05) is 23.7 Å². The molecule has 0 amide bonds. The van der Waals surface area contributed by atoms with Gasteiger partial charge in [-0.3, -0.25) is 4.79 Å². The van der Waals surface area contributed by atoms with Crippen molar-refractivity contribution in [3.8, 4) is 0 Å². The molecule has 1 fully saturated rings. The lowest BCUT2D eigenvalue weighted by Crippen LogP contribution is -2.05. The maximum Gasteiger partial charge on any atom is 0.199 e. The number of hydrogen-bond donors (Lipinski definition) is 0. The van der Waals surface area contributed by atoms with E-state index in [0.717, 1.165) is 34.1 Å². The van der Waals surface area contributed by atoms with Crippen LogP contribution in [0.5, 0.6) is 0 Å². The third-order valence-corrected chi connectivity index (χ3v) is 5.98. The Kier molecular flexibility index (Phi) is 4.85. The highest BCUT2D eigenvalue weighted by molar-refractivity contribution is 8.02. The molecule has 3 nitrogen and oxygen atoms in total. The van der Waals surface area contributed by atoms with Gasteiger partial charge in [-0.25, -0.2) is 0 Å². The summed E-state index contributed by atoms with van der Waals surface area (Å²) in [7, 11) is 0. The third-order valence-electron chi connectivity index (χ3n) is 3.59. The van der Waals surface area contributed by atoms with Gasteiger partial charge in [0.05, 0.1) is 16.8 Å². The zero-order chi connectivity index (χ0) is 15.7. The van der Waals surface area contributed by atoms with Crippen LogP contribution in [0.25, 0.3) is 0 Å². The number of benzene rings is 1. The minimum Gasteiger partial charge on any atom is -0.360 e. The zero-order valence-electron chi connectivity index (χ0n) is 12.4. The maximum absolute atomic E-state index is 12.9. The van der Waals surface area contributed by atoms with Gasteiger partial charge in [-0.05, 0) is 37.0 Å². The van der Waals surface area contributed by atoms with E-state index in [1.165, 1.54) is 0 Å². The standard InChI is InChI=1S/C16H16ClNO2S2/c1-3-22-16-12(17)7-6-10(15(16)21-2)13(19)11-8-18-20-14(11)9-4-5-9/h6-9H,3-5H2,1-2H3. The number of halogens is 1. The van der Waals surface area contributed by atoms with E-state index < -0.39 is 0 Å². The van der Waals surface area contributed by atoms with E-state index in [0.29, 0.717) is 22.1 Å². The van der Waals surface area contributed by atoms with Crippen LogP contribution >= 0.6 is 35.1 Å². The fraction of sp³-hybridized carbons (Fsp3) is 0.375. The summed E-state index contributed by atoms with van der Waals surface area (Å²) in [6.07, 6.45) is 5.66. The summed E-state index contributed by atoms with van der Waals surface area (Å²) in [5.41, 5.74) is 1.27. The Labute approximate surface area is 143 Å². The van der Waals surface area contributed by atoms with Crippen molar-refractivity contribution in [3.63, 3.8) is 0 Å². The summed E-state index contributed by atoms with van der Waals surface area (Å²) in [5, 5.41) is 4.52. The lowest BCUT2D eigenvalue weighted by atomic mass is 10.0. The molecular weight excluding hydrogens is 338 g/mol. The van der Waals surface area contributed by atoms with E-state index in [2.05, 4.69) is 12.1 Å². The van der Waals surface area contributed by atoms with E-state index in [1.807, 2.05) is 6.26 Å². The highest BCUT2D eigenvalue weighted by Gasteiger charge is 2.33. The molecule has 1 heterocycles. The molecule has 1 aliphatic carbocycles. The molecule has 0 spiro atoms. The molecular formula is C16H16ClNO2S2. The number of nitrogens with zero attached hydrogens (tertiary/aromatic N) is 1. The number of aromatic nitrogens is 1. The summed E-state index contributed by atoms with van der Waals surface area (Å²) >= 11 is 9.52. The maximum atomic E-state index is 12.9. The average molecular weight is 354 g/mol. The molecule has 0 radical (unpaired) electrons. The summed E-state index contributed by atoms with van der Waals surface area (Å²) in [6.45, 7) is 2.07. The lowest BCUT2D eigenvalue weighted by Gasteiger charge is -2.13. The molecule has 0 bridgehead atoms. The second-order valence-electron chi connectivity index (χ2n) is 5.10. The van der Waals surface area contributed by atoms with Crippen LogP contribution in [0, 0.1) is 0 Å². The first-order valence-corrected chi connectivity index (χ1v) is 9.74. The highest BCUT2D eigenvalue weighted by atomic mass is 35.5. The highest BCUT2D eigenvalue weighted by Crippen LogP contribution is 2.43. The molecule has 6 heteroatoms. The topological polar surface area (TPSA) is 43.1 Å². The molecule has 3 rings (SSSR count). The number of rotatable bonds is 6. The van der Waals surface area contributed by atoms with Crippen molar-refractivity contribution in [3.05, 3.63) is 40.2 Å². The van der Waals surface area contributed by atoms with Gasteiger partial charge in [0.2, 0.25) is 0 Å². The van der Waals surface area contributed by atoms with E-state index in [1.54, 1.807) is 41.9 Å². The number of carbonyl (C=O) groups is 1. The quantitative estimate of drug-likeness (QED) is 0.522. The summed E-state index contributed by atoms with van der Waals surface area (Å²) in [5.74, 6) is 1.97. The van der Waals surface area contributed by atoms with Crippen LogP contribution in [-0.4, -0.2) is 22.9 Å². The summed E-state index contributed by atoms with van der Waals surface area (Å²) in [4.78, 5) is 14.9. The molecule has 1 aliphatic rings. The number of thioether (sulfide) groups is 2. The van der Waals surface area contributed by atoms with Crippen molar-refractivity contribution in [2.75, 3.05) is 12.0 Å². The monoisotopic (exact) mass is 353 g/mol. The number of hydrogen-bond acceptors (Lipinski definition) is 5. The molecule has 2 aromatic rings. The average Bonchev–Trinajstić information content (AvgIpc) is 3.25. The predicted octanol–water partition coefficient (Wildman–Crippen LogP) is 5.27. The first-order chi connectivity index (χ1) is 10.7. The van der Waals surface area contributed by atoms with Crippen LogP contribution in [0.15, 0.2) is 32.6 Å². The van der Waals surface area contributed by atoms with Crippen molar-refractivity contribution in [2.45, 2.75) is 35.5 Å². The Morgan fingerprint density at radius 1 is 1.36 bits per heavy atom. The minimum absolute atomic E-state index is 0.0258. The molecule has 1 aromatic carbocycles. The molecule has 0 atom stereocenters. The van der Waals surface area contributed by atoms with Crippen molar-refractivity contribution in [1.29, 1.82) is 0 Å². The van der Waals surface area contributed by atoms with Gasteiger partial charge in [0.1, 0.15) is 0 Å². The Balaban J connectivity index is 2.05. The molecule has 116 valence electrons. The van der Waals surface area contributed by atoms with E-state index in [-0.39, 0.29) is 5.78 Å². The first kappa shape index (κ1) is 16.0. The van der Waals surface area contributed by atoms with E-state index in [9.17, 15) is 4.79 Å². The summed E-state index contributed by atoms with van der Waals surface area (Å²) in [6, 6.07) is 3.61. The van der Waals surface area contributed by atoms with E-state index >= 15 is 0 Å². The van der Waals surface area contributed by atoms with Crippen LogP contribution in [0.1, 0.15) is 47.4 Å². The minimum atomic E-state index is -0.0258. The molecule has 0 unspecified atom stereocenters. The number of carbonyl (C=O) groups excluding carboxylic acids is 1. The van der Waals surface area contributed by atoms with Gasteiger partial charge in [0.25, 0.3) is 0 Å². The molecule has 1 aromatic heterocycles. The molecule has 0 aliphatic heterocycles. The summed E-state index contributed by atoms with van der Waals surface area (Å²) < 4.78 is 5.30.